The summed E-state index contributed by atoms with van der Waals surface area (Å²) < 4.78 is 0. The monoisotopic (exact) mass is 369 g/mol. The van der Waals surface area contributed by atoms with E-state index in [1.54, 1.807) is 12.4 Å². The summed E-state index contributed by atoms with van der Waals surface area (Å²) in [6.07, 6.45) is 6.57. The highest BCUT2D eigenvalue weighted by Crippen LogP contribution is 2.23. The molecule has 6 nitrogen and oxygen atoms in total. The molecule has 6 heteroatoms. The van der Waals surface area contributed by atoms with E-state index in [1.807, 2.05) is 19.1 Å². The van der Waals surface area contributed by atoms with Gasteiger partial charge in [0.2, 0.25) is 5.95 Å². The largest absolute Gasteiger partial charge is 0.372 e. The first kappa shape index (κ1) is 20.7. The van der Waals surface area contributed by atoms with Gasteiger partial charge < -0.3 is 15.5 Å². The summed E-state index contributed by atoms with van der Waals surface area (Å²) in [4.78, 5) is 23.2. The van der Waals surface area contributed by atoms with Crippen LogP contribution in [0.4, 0.5) is 17.3 Å². The maximum atomic E-state index is 12.5. The van der Waals surface area contributed by atoms with Crippen LogP contribution in [0.1, 0.15) is 56.0 Å². The van der Waals surface area contributed by atoms with Crippen LogP contribution < -0.4 is 15.5 Å². The van der Waals surface area contributed by atoms with E-state index in [2.05, 4.69) is 52.3 Å². The van der Waals surface area contributed by atoms with Gasteiger partial charge in [0.15, 0.2) is 0 Å². The number of benzene rings is 1. The molecule has 1 aromatic carbocycles. The van der Waals surface area contributed by atoms with Gasteiger partial charge in [-0.05, 0) is 51.0 Å². The second kappa shape index (κ2) is 10.5. The molecule has 0 saturated carbocycles. The molecule has 146 valence electrons. The number of carbonyl (C=O) groups excluding carboxylic acids is 1. The molecule has 0 unspecified atom stereocenters. The van der Waals surface area contributed by atoms with Gasteiger partial charge in [0.1, 0.15) is 0 Å². The Balaban J connectivity index is 1.98. The van der Waals surface area contributed by atoms with E-state index in [9.17, 15) is 4.79 Å². The highest BCUT2D eigenvalue weighted by atomic mass is 16.1. The molecule has 0 atom stereocenters. The third-order valence-corrected chi connectivity index (χ3v) is 4.56. The first-order valence-corrected chi connectivity index (χ1v) is 9.81. The fourth-order valence-corrected chi connectivity index (χ4v) is 2.88. The molecular weight excluding hydrogens is 338 g/mol. The first-order chi connectivity index (χ1) is 13.1. The molecule has 2 rings (SSSR count). The summed E-state index contributed by atoms with van der Waals surface area (Å²) in [5.74, 6) is 0.355. The summed E-state index contributed by atoms with van der Waals surface area (Å²) in [6.45, 7) is 11.2. The third kappa shape index (κ3) is 5.94. The number of nitrogens with zero attached hydrogens (tertiary/aromatic N) is 3. The second-order valence-corrected chi connectivity index (χ2v) is 6.55. The summed E-state index contributed by atoms with van der Waals surface area (Å²) in [6, 6.07) is 6.09. The Morgan fingerprint density at radius 1 is 1.07 bits per heavy atom. The Hall–Kier alpha value is -2.63. The zero-order valence-electron chi connectivity index (χ0n) is 16.9. The number of aryl methyl sites for hydroxylation is 1. The zero-order valence-corrected chi connectivity index (χ0v) is 16.9. The Morgan fingerprint density at radius 2 is 1.78 bits per heavy atom. The Labute approximate surface area is 162 Å². The second-order valence-electron chi connectivity index (χ2n) is 6.55. The first-order valence-electron chi connectivity index (χ1n) is 9.81. The normalized spacial score (nSPS) is 10.5. The van der Waals surface area contributed by atoms with Crippen LogP contribution in [0.3, 0.4) is 0 Å². The highest BCUT2D eigenvalue weighted by Gasteiger charge is 2.11. The van der Waals surface area contributed by atoms with Gasteiger partial charge in [0.25, 0.3) is 5.91 Å². The maximum absolute atomic E-state index is 12.5. The van der Waals surface area contributed by atoms with Crippen LogP contribution >= 0.6 is 0 Å². The van der Waals surface area contributed by atoms with Crippen LogP contribution in [0.2, 0.25) is 0 Å². The summed E-state index contributed by atoms with van der Waals surface area (Å²) in [5.41, 5.74) is 3.44. The van der Waals surface area contributed by atoms with Crippen LogP contribution in [0.25, 0.3) is 0 Å². The lowest BCUT2D eigenvalue weighted by atomic mass is 10.1. The molecule has 0 aliphatic rings. The molecule has 1 aromatic heterocycles. The lowest BCUT2D eigenvalue weighted by molar-refractivity contribution is 0.102. The molecule has 0 aliphatic carbocycles. The van der Waals surface area contributed by atoms with Crippen molar-refractivity contribution in [2.75, 3.05) is 35.2 Å². The van der Waals surface area contributed by atoms with Crippen molar-refractivity contribution in [1.29, 1.82) is 0 Å². The van der Waals surface area contributed by atoms with Gasteiger partial charge in [0.05, 0.1) is 5.56 Å². The molecule has 1 heterocycles. The van der Waals surface area contributed by atoms with Crippen LogP contribution in [0.15, 0.2) is 30.6 Å². The average molecular weight is 370 g/mol. The van der Waals surface area contributed by atoms with E-state index in [0.29, 0.717) is 11.5 Å². The van der Waals surface area contributed by atoms with Gasteiger partial charge in [-0.3, -0.25) is 4.79 Å². The summed E-state index contributed by atoms with van der Waals surface area (Å²) in [7, 11) is 0. The molecule has 2 N–H and O–H groups in total. The highest BCUT2D eigenvalue weighted by molar-refractivity contribution is 6.04. The van der Waals surface area contributed by atoms with E-state index < -0.39 is 0 Å². The number of anilines is 3. The van der Waals surface area contributed by atoms with Gasteiger partial charge in [-0.25, -0.2) is 9.97 Å². The predicted molar refractivity (Wildman–Crippen MR) is 113 cm³/mol. The van der Waals surface area contributed by atoms with Crippen LogP contribution in [0.5, 0.6) is 0 Å². The number of carbonyl (C=O) groups is 1. The van der Waals surface area contributed by atoms with E-state index in [-0.39, 0.29) is 5.91 Å². The molecule has 27 heavy (non-hydrogen) atoms. The lowest BCUT2D eigenvalue weighted by Gasteiger charge is -2.22. The van der Waals surface area contributed by atoms with Crippen molar-refractivity contribution in [3.8, 4) is 0 Å². The number of aromatic nitrogens is 2. The molecule has 1 amide bonds. The predicted octanol–water partition coefficient (Wildman–Crippen LogP) is 4.49. The Bertz CT molecular complexity index is 726. The van der Waals surface area contributed by atoms with Crippen LogP contribution in [0, 0.1) is 6.92 Å². The SMILES string of the molecule is CCCCCNc1ncc(C(=O)Nc2ccc(N(CC)CC)cc2C)cn1. The van der Waals surface area contributed by atoms with Crippen molar-refractivity contribution in [2.45, 2.75) is 47.0 Å². The quantitative estimate of drug-likeness (QED) is 0.604. The number of hydrogen-bond donors (Lipinski definition) is 2. The van der Waals surface area contributed by atoms with Gasteiger partial charge in [0, 0.05) is 43.4 Å². The number of rotatable bonds is 10. The fraction of sp³-hybridized carbons (Fsp3) is 0.476. The van der Waals surface area contributed by atoms with Crippen LogP contribution in [-0.4, -0.2) is 35.5 Å². The van der Waals surface area contributed by atoms with E-state index in [1.165, 1.54) is 12.8 Å². The molecule has 0 fully saturated rings. The minimum Gasteiger partial charge on any atom is -0.372 e. The minimum atomic E-state index is -0.203. The van der Waals surface area contributed by atoms with Crippen molar-refractivity contribution in [2.24, 2.45) is 0 Å². The van der Waals surface area contributed by atoms with E-state index in [0.717, 1.165) is 43.0 Å². The van der Waals surface area contributed by atoms with Crippen molar-refractivity contribution in [1.82, 2.24) is 9.97 Å². The molecule has 0 bridgehead atoms. The summed E-state index contributed by atoms with van der Waals surface area (Å²) in [5, 5.41) is 6.12. The zero-order chi connectivity index (χ0) is 19.6. The minimum absolute atomic E-state index is 0.203. The van der Waals surface area contributed by atoms with Gasteiger partial charge >= 0.3 is 0 Å². The van der Waals surface area contributed by atoms with E-state index in [4.69, 9.17) is 0 Å². The van der Waals surface area contributed by atoms with Crippen LogP contribution in [-0.2, 0) is 0 Å². The maximum Gasteiger partial charge on any atom is 0.258 e. The van der Waals surface area contributed by atoms with Gasteiger partial charge in [-0.15, -0.1) is 0 Å². The number of nitrogens with one attached hydrogen (secondary N) is 2. The average Bonchev–Trinajstić information content (AvgIpc) is 2.68. The molecular formula is C21H31N5O. The smallest absolute Gasteiger partial charge is 0.258 e. The van der Waals surface area contributed by atoms with Gasteiger partial charge in [-0.1, -0.05) is 19.8 Å². The topological polar surface area (TPSA) is 70.2 Å². The molecule has 0 spiro atoms. The van der Waals surface area contributed by atoms with E-state index >= 15 is 0 Å². The van der Waals surface area contributed by atoms with Crippen molar-refractivity contribution < 1.29 is 4.79 Å². The standard InChI is InChI=1S/C21H31N5O/c1-5-8-9-12-22-21-23-14-17(15-24-21)20(27)25-19-11-10-18(13-16(19)4)26(6-2)7-3/h10-11,13-15H,5-9,12H2,1-4H3,(H,25,27)(H,22,23,24). The number of unbranched alkanes of at least 4 members (excludes halogenated alkanes) is 2. The molecule has 0 saturated heterocycles. The van der Waals surface area contributed by atoms with Gasteiger partial charge in [-0.2, -0.15) is 0 Å². The number of amides is 1. The van der Waals surface area contributed by atoms with Crippen molar-refractivity contribution in [3.05, 3.63) is 41.7 Å². The lowest BCUT2D eigenvalue weighted by Crippen LogP contribution is -2.22. The van der Waals surface area contributed by atoms with Crippen molar-refractivity contribution >= 4 is 23.2 Å². The molecule has 0 radical (unpaired) electrons. The number of hydrogen-bond acceptors (Lipinski definition) is 5. The fourth-order valence-electron chi connectivity index (χ4n) is 2.88. The van der Waals surface area contributed by atoms with Crippen molar-refractivity contribution in [3.63, 3.8) is 0 Å². The Morgan fingerprint density at radius 3 is 2.37 bits per heavy atom. The molecule has 2 aromatic rings. The Kier molecular flexibility index (Phi) is 8.04. The molecule has 0 aliphatic heterocycles. The third-order valence-electron chi connectivity index (χ3n) is 4.56. The summed E-state index contributed by atoms with van der Waals surface area (Å²) >= 11 is 0.